The van der Waals surface area contributed by atoms with Crippen molar-refractivity contribution in [2.24, 2.45) is 5.92 Å². The number of β-amino-alcohol motifs (C(OH)–C–C–N with tert-alkyl or cyclic N) is 1. The molecule has 2 amide bonds. The highest BCUT2D eigenvalue weighted by atomic mass is 16.3. The number of aromatic nitrogens is 3. The molecule has 3 heterocycles. The Morgan fingerprint density at radius 2 is 2.36 bits per heavy atom. The number of anilines is 1. The number of urea groups is 1. The van der Waals surface area contributed by atoms with E-state index in [1.165, 1.54) is 0 Å². The highest BCUT2D eigenvalue weighted by molar-refractivity contribution is 5.93. The van der Waals surface area contributed by atoms with Gasteiger partial charge in [0, 0.05) is 19.3 Å². The van der Waals surface area contributed by atoms with Crippen molar-refractivity contribution in [3.8, 4) is 11.4 Å². The van der Waals surface area contributed by atoms with E-state index in [1.54, 1.807) is 17.3 Å². The zero-order valence-corrected chi connectivity index (χ0v) is 12.4. The molecule has 2 unspecified atom stereocenters. The second-order valence-electron chi connectivity index (χ2n) is 5.58. The first-order valence-corrected chi connectivity index (χ1v) is 7.34. The van der Waals surface area contributed by atoms with Gasteiger partial charge in [-0.15, -0.1) is 0 Å². The average molecular weight is 301 g/mol. The first-order chi connectivity index (χ1) is 10.6. The van der Waals surface area contributed by atoms with Crippen molar-refractivity contribution in [2.75, 3.05) is 18.4 Å². The van der Waals surface area contributed by atoms with Crippen LogP contribution in [0.1, 0.15) is 13.3 Å². The van der Waals surface area contributed by atoms with Gasteiger partial charge in [-0.1, -0.05) is 13.0 Å². The fraction of sp³-hybridized carbons (Fsp3) is 0.400. The first-order valence-electron chi connectivity index (χ1n) is 7.34. The van der Waals surface area contributed by atoms with Crippen LogP contribution in [0.2, 0.25) is 0 Å². The van der Waals surface area contributed by atoms with Crippen LogP contribution in [0.25, 0.3) is 11.4 Å². The standard InChI is InChI=1S/C15H19N5O2/c1-10-5-7-20(9-13(10)21)15(22)18-12-8-17-19-14(12)11-4-2-3-6-16-11/h2-4,6,8,10,13,21H,5,7,9H2,1H3,(H,17,19)(H,18,22). The molecule has 116 valence electrons. The number of likely N-dealkylation sites (tertiary alicyclic amines) is 1. The number of carbonyl (C=O) groups excluding carboxylic acids is 1. The number of H-pyrrole nitrogens is 1. The molecular formula is C15H19N5O2. The Balaban J connectivity index is 1.72. The van der Waals surface area contributed by atoms with Crippen LogP contribution < -0.4 is 5.32 Å². The Labute approximate surface area is 128 Å². The van der Waals surface area contributed by atoms with Gasteiger partial charge in [0.25, 0.3) is 0 Å². The summed E-state index contributed by atoms with van der Waals surface area (Å²) in [5.41, 5.74) is 1.96. The number of aliphatic hydroxyl groups is 1. The number of hydrogen-bond donors (Lipinski definition) is 3. The number of aromatic amines is 1. The molecular weight excluding hydrogens is 282 g/mol. The summed E-state index contributed by atoms with van der Waals surface area (Å²) in [7, 11) is 0. The Hall–Kier alpha value is -2.41. The molecule has 1 saturated heterocycles. The van der Waals surface area contributed by atoms with Crippen molar-refractivity contribution in [2.45, 2.75) is 19.4 Å². The zero-order valence-electron chi connectivity index (χ0n) is 12.4. The van der Waals surface area contributed by atoms with E-state index in [0.29, 0.717) is 30.2 Å². The Morgan fingerprint density at radius 3 is 3.09 bits per heavy atom. The highest BCUT2D eigenvalue weighted by Gasteiger charge is 2.27. The minimum absolute atomic E-state index is 0.224. The lowest BCUT2D eigenvalue weighted by Gasteiger charge is -2.34. The maximum atomic E-state index is 12.3. The predicted molar refractivity (Wildman–Crippen MR) is 82.2 cm³/mol. The van der Waals surface area contributed by atoms with Gasteiger partial charge >= 0.3 is 6.03 Å². The van der Waals surface area contributed by atoms with Gasteiger partial charge in [0.15, 0.2) is 0 Å². The summed E-state index contributed by atoms with van der Waals surface area (Å²) in [6.07, 6.45) is 3.57. The van der Waals surface area contributed by atoms with E-state index in [2.05, 4.69) is 20.5 Å². The third kappa shape index (κ3) is 2.94. The van der Waals surface area contributed by atoms with E-state index in [-0.39, 0.29) is 11.9 Å². The van der Waals surface area contributed by atoms with Crippen LogP contribution in [0.5, 0.6) is 0 Å². The molecule has 0 aromatic carbocycles. The maximum Gasteiger partial charge on any atom is 0.322 e. The molecule has 2 aromatic rings. The van der Waals surface area contributed by atoms with Gasteiger partial charge in [-0.2, -0.15) is 5.10 Å². The number of nitrogens with zero attached hydrogens (tertiary/aromatic N) is 3. The topological polar surface area (TPSA) is 94.1 Å². The number of piperidine rings is 1. The van der Waals surface area contributed by atoms with Crippen molar-refractivity contribution >= 4 is 11.7 Å². The minimum atomic E-state index is -0.473. The molecule has 3 N–H and O–H groups in total. The van der Waals surface area contributed by atoms with Crippen LogP contribution in [-0.4, -0.2) is 50.4 Å². The van der Waals surface area contributed by atoms with Gasteiger partial charge < -0.3 is 15.3 Å². The summed E-state index contributed by atoms with van der Waals surface area (Å²) in [6, 6.07) is 5.31. The average Bonchev–Trinajstić information content (AvgIpc) is 2.99. The third-order valence-electron chi connectivity index (χ3n) is 4.01. The summed E-state index contributed by atoms with van der Waals surface area (Å²) < 4.78 is 0. The molecule has 0 saturated carbocycles. The summed E-state index contributed by atoms with van der Waals surface area (Å²) in [4.78, 5) is 18.2. The number of carbonyl (C=O) groups is 1. The fourth-order valence-electron chi connectivity index (χ4n) is 2.51. The van der Waals surface area contributed by atoms with Crippen molar-refractivity contribution in [1.29, 1.82) is 0 Å². The summed E-state index contributed by atoms with van der Waals surface area (Å²) in [5.74, 6) is 0.224. The monoisotopic (exact) mass is 301 g/mol. The smallest absolute Gasteiger partial charge is 0.322 e. The predicted octanol–water partition coefficient (Wildman–Crippen LogP) is 1.71. The zero-order chi connectivity index (χ0) is 15.5. The normalized spacial score (nSPS) is 21.6. The van der Waals surface area contributed by atoms with Crippen LogP contribution in [0.15, 0.2) is 30.6 Å². The lowest BCUT2D eigenvalue weighted by Crippen LogP contribution is -2.47. The van der Waals surface area contributed by atoms with Gasteiger partial charge in [-0.05, 0) is 24.5 Å². The minimum Gasteiger partial charge on any atom is -0.391 e. The Kier molecular flexibility index (Phi) is 4.06. The molecule has 0 bridgehead atoms. The van der Waals surface area contributed by atoms with Crippen molar-refractivity contribution in [3.63, 3.8) is 0 Å². The molecule has 0 spiro atoms. The van der Waals surface area contributed by atoms with E-state index in [0.717, 1.165) is 6.42 Å². The molecule has 2 aromatic heterocycles. The van der Waals surface area contributed by atoms with E-state index >= 15 is 0 Å². The van der Waals surface area contributed by atoms with Crippen LogP contribution in [-0.2, 0) is 0 Å². The van der Waals surface area contributed by atoms with Crippen molar-refractivity contribution < 1.29 is 9.90 Å². The SMILES string of the molecule is CC1CCN(C(=O)Nc2cn[nH]c2-c2ccccn2)CC1O. The van der Waals surface area contributed by atoms with Gasteiger partial charge in [-0.25, -0.2) is 4.79 Å². The van der Waals surface area contributed by atoms with Crippen LogP contribution >= 0.6 is 0 Å². The molecule has 0 aliphatic carbocycles. The maximum absolute atomic E-state index is 12.3. The highest BCUT2D eigenvalue weighted by Crippen LogP contribution is 2.24. The lowest BCUT2D eigenvalue weighted by molar-refractivity contribution is 0.0464. The largest absolute Gasteiger partial charge is 0.391 e. The molecule has 1 fully saturated rings. The van der Waals surface area contributed by atoms with Gasteiger partial charge in [0.1, 0.15) is 5.69 Å². The van der Waals surface area contributed by atoms with Crippen LogP contribution in [0, 0.1) is 5.92 Å². The number of aliphatic hydroxyl groups excluding tert-OH is 1. The van der Waals surface area contributed by atoms with Crippen molar-refractivity contribution in [1.82, 2.24) is 20.1 Å². The molecule has 0 radical (unpaired) electrons. The summed E-state index contributed by atoms with van der Waals surface area (Å²) in [6.45, 7) is 2.99. The molecule has 7 heteroatoms. The Bertz CT molecular complexity index is 642. The van der Waals surface area contributed by atoms with Gasteiger partial charge in [-0.3, -0.25) is 10.1 Å². The number of hydrogen-bond acceptors (Lipinski definition) is 4. The van der Waals surface area contributed by atoms with Crippen LogP contribution in [0.3, 0.4) is 0 Å². The second kappa shape index (κ2) is 6.15. The molecule has 7 nitrogen and oxygen atoms in total. The number of amides is 2. The summed E-state index contributed by atoms with van der Waals surface area (Å²) >= 11 is 0. The molecule has 3 rings (SSSR count). The third-order valence-corrected chi connectivity index (χ3v) is 4.01. The molecule has 22 heavy (non-hydrogen) atoms. The van der Waals surface area contributed by atoms with E-state index in [9.17, 15) is 9.90 Å². The quantitative estimate of drug-likeness (QED) is 0.787. The van der Waals surface area contributed by atoms with Crippen molar-refractivity contribution in [3.05, 3.63) is 30.6 Å². The first kappa shape index (κ1) is 14.5. The molecule has 1 aliphatic heterocycles. The number of rotatable bonds is 2. The van der Waals surface area contributed by atoms with Gasteiger partial charge in [0.05, 0.1) is 23.7 Å². The summed E-state index contributed by atoms with van der Waals surface area (Å²) in [5, 5.41) is 19.6. The van der Waals surface area contributed by atoms with E-state index in [1.807, 2.05) is 25.1 Å². The Morgan fingerprint density at radius 1 is 1.50 bits per heavy atom. The second-order valence-corrected chi connectivity index (χ2v) is 5.58. The number of nitrogens with one attached hydrogen (secondary N) is 2. The molecule has 2 atom stereocenters. The lowest BCUT2D eigenvalue weighted by atomic mass is 9.96. The van der Waals surface area contributed by atoms with E-state index < -0.39 is 6.10 Å². The fourth-order valence-corrected chi connectivity index (χ4v) is 2.51. The number of pyridine rings is 1. The van der Waals surface area contributed by atoms with E-state index in [4.69, 9.17) is 0 Å². The molecule has 1 aliphatic rings. The van der Waals surface area contributed by atoms with Crippen LogP contribution in [0.4, 0.5) is 10.5 Å². The van der Waals surface area contributed by atoms with Gasteiger partial charge in [0.2, 0.25) is 0 Å².